The van der Waals surface area contributed by atoms with E-state index in [-0.39, 0.29) is 17.8 Å². The Balaban J connectivity index is 2.33. The summed E-state index contributed by atoms with van der Waals surface area (Å²) >= 11 is 0. The maximum absolute atomic E-state index is 13.0. The molecule has 80 valence electrons. The number of halogens is 1. The van der Waals surface area contributed by atoms with Crippen LogP contribution in [0.1, 0.15) is 11.1 Å². The minimum absolute atomic E-state index is 0.236. The lowest BCUT2D eigenvalue weighted by Gasteiger charge is -2.31. The molecule has 1 aromatic rings. The van der Waals surface area contributed by atoms with Gasteiger partial charge >= 0.3 is 0 Å². The van der Waals surface area contributed by atoms with E-state index in [1.165, 1.54) is 12.1 Å². The summed E-state index contributed by atoms with van der Waals surface area (Å²) in [6.07, 6.45) is 0.571. The number of rotatable bonds is 1. The lowest BCUT2D eigenvalue weighted by molar-refractivity contribution is -0.123. The van der Waals surface area contributed by atoms with Gasteiger partial charge in [0.25, 0.3) is 0 Å². The standard InChI is InChI=1S/C11H13FN2O/c1-14-6-8-4-9(12)3-2-7(8)5-10(14)11(13)15/h2-4,10H,5-6H2,1H3,(H2,13,15)/t10-/m0/s1. The number of hydrogen-bond donors (Lipinski definition) is 1. The molecule has 0 saturated heterocycles. The van der Waals surface area contributed by atoms with Crippen molar-refractivity contribution in [1.82, 2.24) is 4.90 Å². The van der Waals surface area contributed by atoms with E-state index in [9.17, 15) is 9.18 Å². The molecule has 3 nitrogen and oxygen atoms in total. The fourth-order valence-electron chi connectivity index (χ4n) is 2.00. The van der Waals surface area contributed by atoms with Crippen molar-refractivity contribution < 1.29 is 9.18 Å². The molecule has 2 rings (SSSR count). The van der Waals surface area contributed by atoms with Gasteiger partial charge in [-0.25, -0.2) is 4.39 Å². The topological polar surface area (TPSA) is 46.3 Å². The molecule has 1 amide bonds. The Bertz CT molecular complexity index is 406. The number of likely N-dealkylation sites (N-methyl/N-ethyl adjacent to an activating group) is 1. The molecule has 1 atom stereocenters. The van der Waals surface area contributed by atoms with E-state index in [2.05, 4.69) is 0 Å². The van der Waals surface area contributed by atoms with Crippen molar-refractivity contribution >= 4 is 5.91 Å². The molecule has 0 fully saturated rings. The number of nitrogens with two attached hydrogens (primary N) is 1. The first-order valence-corrected chi connectivity index (χ1v) is 4.85. The summed E-state index contributed by atoms with van der Waals surface area (Å²) in [6.45, 7) is 0.570. The van der Waals surface area contributed by atoms with Crippen LogP contribution in [0.4, 0.5) is 4.39 Å². The molecule has 0 aliphatic carbocycles. The highest BCUT2D eigenvalue weighted by atomic mass is 19.1. The Labute approximate surface area is 87.7 Å². The number of carbonyl (C=O) groups excluding carboxylic acids is 1. The fourth-order valence-corrected chi connectivity index (χ4v) is 2.00. The predicted molar refractivity (Wildman–Crippen MR) is 54.6 cm³/mol. The number of benzene rings is 1. The van der Waals surface area contributed by atoms with Gasteiger partial charge in [0.1, 0.15) is 5.82 Å². The van der Waals surface area contributed by atoms with Crippen LogP contribution in [0.25, 0.3) is 0 Å². The first-order chi connectivity index (χ1) is 7.08. The molecule has 2 N–H and O–H groups in total. The summed E-state index contributed by atoms with van der Waals surface area (Å²) in [5.74, 6) is -0.563. The third kappa shape index (κ3) is 1.85. The van der Waals surface area contributed by atoms with Gasteiger partial charge in [-0.3, -0.25) is 9.69 Å². The van der Waals surface area contributed by atoms with E-state index in [4.69, 9.17) is 5.73 Å². The molecule has 1 aliphatic heterocycles. The lowest BCUT2D eigenvalue weighted by atomic mass is 9.94. The maximum atomic E-state index is 13.0. The molecule has 0 unspecified atom stereocenters. The van der Waals surface area contributed by atoms with Crippen LogP contribution in [-0.4, -0.2) is 23.9 Å². The molecular formula is C11H13FN2O. The summed E-state index contributed by atoms with van der Waals surface area (Å²) in [5, 5.41) is 0. The third-order valence-corrected chi connectivity index (χ3v) is 2.86. The monoisotopic (exact) mass is 208 g/mol. The van der Waals surface area contributed by atoms with Gasteiger partial charge in [0.15, 0.2) is 0 Å². The van der Waals surface area contributed by atoms with Crippen LogP contribution in [0.3, 0.4) is 0 Å². The first kappa shape index (κ1) is 10.1. The zero-order valence-electron chi connectivity index (χ0n) is 8.53. The second-order valence-electron chi connectivity index (χ2n) is 3.95. The van der Waals surface area contributed by atoms with Crippen molar-refractivity contribution in [1.29, 1.82) is 0 Å². The maximum Gasteiger partial charge on any atom is 0.235 e. The number of carbonyl (C=O) groups is 1. The van der Waals surface area contributed by atoms with Gasteiger partial charge in [-0.15, -0.1) is 0 Å². The number of primary amides is 1. The van der Waals surface area contributed by atoms with Crippen LogP contribution in [0, 0.1) is 5.82 Å². The predicted octanol–water partition coefficient (Wildman–Crippen LogP) is 0.668. The Morgan fingerprint density at radius 1 is 1.53 bits per heavy atom. The second kappa shape index (κ2) is 3.62. The summed E-state index contributed by atoms with van der Waals surface area (Å²) < 4.78 is 13.0. The summed E-state index contributed by atoms with van der Waals surface area (Å²) in [5.41, 5.74) is 7.24. The van der Waals surface area contributed by atoms with Gasteiger partial charge in [-0.1, -0.05) is 6.07 Å². The Morgan fingerprint density at radius 2 is 2.27 bits per heavy atom. The molecular weight excluding hydrogens is 195 g/mol. The molecule has 1 aromatic carbocycles. The van der Waals surface area contributed by atoms with Crippen LogP contribution in [-0.2, 0) is 17.8 Å². The van der Waals surface area contributed by atoms with E-state index in [0.717, 1.165) is 11.1 Å². The summed E-state index contributed by atoms with van der Waals surface area (Å²) in [4.78, 5) is 13.0. The van der Waals surface area contributed by atoms with Crippen LogP contribution in [0.5, 0.6) is 0 Å². The molecule has 1 heterocycles. The molecule has 4 heteroatoms. The van der Waals surface area contributed by atoms with E-state index in [0.29, 0.717) is 13.0 Å². The van der Waals surface area contributed by atoms with Crippen molar-refractivity contribution in [3.8, 4) is 0 Å². The van der Waals surface area contributed by atoms with E-state index in [1.807, 2.05) is 11.9 Å². The number of amides is 1. The molecule has 0 aromatic heterocycles. The van der Waals surface area contributed by atoms with Gasteiger partial charge in [0.05, 0.1) is 6.04 Å². The highest BCUT2D eigenvalue weighted by Gasteiger charge is 2.27. The Hall–Kier alpha value is -1.42. The second-order valence-corrected chi connectivity index (χ2v) is 3.95. The highest BCUT2D eigenvalue weighted by molar-refractivity contribution is 5.80. The lowest BCUT2D eigenvalue weighted by Crippen LogP contribution is -2.46. The smallest absolute Gasteiger partial charge is 0.235 e. The van der Waals surface area contributed by atoms with E-state index >= 15 is 0 Å². The average molecular weight is 208 g/mol. The van der Waals surface area contributed by atoms with Crippen molar-refractivity contribution in [3.05, 3.63) is 35.1 Å². The number of fused-ring (bicyclic) bond motifs is 1. The van der Waals surface area contributed by atoms with Crippen molar-refractivity contribution in [3.63, 3.8) is 0 Å². The van der Waals surface area contributed by atoms with Gasteiger partial charge in [0.2, 0.25) is 5.91 Å². The SMILES string of the molecule is CN1Cc2cc(F)ccc2C[C@H]1C(N)=O. The fraction of sp³-hybridized carbons (Fsp3) is 0.364. The molecule has 0 radical (unpaired) electrons. The zero-order valence-corrected chi connectivity index (χ0v) is 8.53. The Morgan fingerprint density at radius 3 is 2.93 bits per heavy atom. The normalized spacial score (nSPS) is 21.1. The average Bonchev–Trinajstić information content (AvgIpc) is 2.15. The van der Waals surface area contributed by atoms with Crippen molar-refractivity contribution in [2.45, 2.75) is 19.0 Å². The Kier molecular flexibility index (Phi) is 2.44. The minimum atomic E-state index is -0.326. The number of nitrogens with zero attached hydrogens (tertiary/aromatic N) is 1. The third-order valence-electron chi connectivity index (χ3n) is 2.86. The van der Waals surface area contributed by atoms with Crippen molar-refractivity contribution in [2.75, 3.05) is 7.05 Å². The first-order valence-electron chi connectivity index (χ1n) is 4.85. The summed E-state index contributed by atoms with van der Waals surface area (Å²) in [7, 11) is 1.82. The van der Waals surface area contributed by atoms with Crippen LogP contribution in [0.15, 0.2) is 18.2 Å². The van der Waals surface area contributed by atoms with Crippen LogP contribution >= 0.6 is 0 Å². The van der Waals surface area contributed by atoms with Crippen LogP contribution in [0.2, 0.25) is 0 Å². The van der Waals surface area contributed by atoms with Crippen LogP contribution < -0.4 is 5.73 Å². The van der Waals surface area contributed by atoms with Crippen molar-refractivity contribution in [2.24, 2.45) is 5.73 Å². The molecule has 0 bridgehead atoms. The number of hydrogen-bond acceptors (Lipinski definition) is 2. The molecule has 1 aliphatic rings. The van der Waals surface area contributed by atoms with E-state index in [1.54, 1.807) is 6.07 Å². The van der Waals surface area contributed by atoms with Gasteiger partial charge < -0.3 is 5.73 Å². The quantitative estimate of drug-likeness (QED) is 0.737. The van der Waals surface area contributed by atoms with Gasteiger partial charge in [-0.2, -0.15) is 0 Å². The molecule has 0 saturated carbocycles. The largest absolute Gasteiger partial charge is 0.368 e. The minimum Gasteiger partial charge on any atom is -0.368 e. The molecule has 0 spiro atoms. The van der Waals surface area contributed by atoms with Gasteiger partial charge in [-0.05, 0) is 36.7 Å². The van der Waals surface area contributed by atoms with E-state index < -0.39 is 0 Å². The summed E-state index contributed by atoms with van der Waals surface area (Å²) in [6, 6.07) is 4.39. The highest BCUT2D eigenvalue weighted by Crippen LogP contribution is 2.22. The van der Waals surface area contributed by atoms with Gasteiger partial charge in [0, 0.05) is 6.54 Å². The zero-order chi connectivity index (χ0) is 11.0. The molecule has 15 heavy (non-hydrogen) atoms.